The van der Waals surface area contributed by atoms with E-state index in [1.54, 1.807) is 36.4 Å². The second-order valence-electron chi connectivity index (χ2n) is 11.3. The molecule has 2 aliphatic heterocycles. The lowest BCUT2D eigenvalue weighted by molar-refractivity contribution is -0.154. The van der Waals surface area contributed by atoms with Crippen molar-refractivity contribution >= 4 is 17.8 Å². The predicted molar refractivity (Wildman–Crippen MR) is 171 cm³/mol. The van der Waals surface area contributed by atoms with Gasteiger partial charge in [0, 0.05) is 40.7 Å². The highest BCUT2D eigenvalue weighted by molar-refractivity contribution is 5.98. The van der Waals surface area contributed by atoms with E-state index in [1.165, 1.54) is 47.6 Å². The Morgan fingerprint density at radius 2 is 1.43 bits per heavy atom. The van der Waals surface area contributed by atoms with Gasteiger partial charge in [0.2, 0.25) is 11.8 Å². The Bertz CT molecular complexity index is 1690. The number of nitrogens with one attached hydrogen (secondary N) is 1. The number of carbonyl (C=O) groups excluding carboxylic acids is 3. The summed E-state index contributed by atoms with van der Waals surface area (Å²) in [6.07, 6.45) is 0.241. The maximum Gasteiger partial charge on any atom is 0.338 e. The van der Waals surface area contributed by atoms with E-state index in [4.69, 9.17) is 33.2 Å². The quantitative estimate of drug-likeness (QED) is 0.307. The van der Waals surface area contributed by atoms with Crippen LogP contribution in [0.3, 0.4) is 0 Å². The molecule has 0 unspecified atom stereocenters. The van der Waals surface area contributed by atoms with Crippen molar-refractivity contribution in [2.75, 3.05) is 49.3 Å². The lowest BCUT2D eigenvalue weighted by Crippen LogP contribution is -2.66. The molecule has 250 valence electrons. The molecule has 0 spiro atoms. The first kappa shape index (κ1) is 33.2. The smallest absolute Gasteiger partial charge is 0.338 e. The van der Waals surface area contributed by atoms with Gasteiger partial charge in [0.1, 0.15) is 30.2 Å². The Morgan fingerprint density at radius 3 is 2.02 bits per heavy atom. The van der Waals surface area contributed by atoms with Crippen LogP contribution in [0.5, 0.6) is 34.5 Å². The van der Waals surface area contributed by atoms with Gasteiger partial charge in [-0.1, -0.05) is 18.2 Å². The number of ether oxygens (including phenoxy) is 7. The second-order valence-corrected chi connectivity index (χ2v) is 11.3. The summed E-state index contributed by atoms with van der Waals surface area (Å²) in [6, 6.07) is 7.49. The molecule has 0 aromatic heterocycles. The predicted octanol–water partition coefficient (Wildman–Crippen LogP) is 3.75. The van der Waals surface area contributed by atoms with Gasteiger partial charge in [-0.15, -0.1) is 0 Å². The third kappa shape index (κ3) is 5.72. The highest BCUT2D eigenvalue weighted by Crippen LogP contribution is 2.51. The van der Waals surface area contributed by atoms with Crippen LogP contribution in [0.1, 0.15) is 44.2 Å². The van der Waals surface area contributed by atoms with Crippen LogP contribution >= 0.6 is 0 Å². The normalized spacial score (nSPS) is 18.4. The fourth-order valence-corrected chi connectivity index (χ4v) is 6.84. The molecular formula is C35H40N2O10. The summed E-state index contributed by atoms with van der Waals surface area (Å²) < 4.78 is 40.1. The van der Waals surface area contributed by atoms with Crippen molar-refractivity contribution < 1.29 is 47.5 Å². The first-order valence-corrected chi connectivity index (χ1v) is 15.1. The topological polar surface area (TPSA) is 131 Å². The van der Waals surface area contributed by atoms with Crippen molar-refractivity contribution in [3.8, 4) is 34.5 Å². The van der Waals surface area contributed by atoms with Gasteiger partial charge in [0.15, 0.2) is 23.0 Å². The highest BCUT2D eigenvalue weighted by atomic mass is 16.5. The largest absolute Gasteiger partial charge is 0.496 e. The van der Waals surface area contributed by atoms with Crippen LogP contribution in [-0.4, -0.2) is 84.0 Å². The molecule has 3 aromatic carbocycles. The first-order chi connectivity index (χ1) is 22.6. The van der Waals surface area contributed by atoms with Crippen LogP contribution in [0, 0.1) is 13.8 Å². The minimum absolute atomic E-state index is 0.0964. The molecule has 12 nitrogen and oxygen atoms in total. The maximum atomic E-state index is 14.6. The zero-order valence-electron chi connectivity index (χ0n) is 27.8. The van der Waals surface area contributed by atoms with Crippen LogP contribution in [0.2, 0.25) is 0 Å². The number of fused-ring (bicyclic) bond motifs is 2. The van der Waals surface area contributed by atoms with E-state index in [0.29, 0.717) is 67.9 Å². The highest BCUT2D eigenvalue weighted by Gasteiger charge is 2.50. The van der Waals surface area contributed by atoms with Gasteiger partial charge in [-0.2, -0.15) is 0 Å². The van der Waals surface area contributed by atoms with Crippen molar-refractivity contribution in [3.05, 3.63) is 69.8 Å². The summed E-state index contributed by atoms with van der Waals surface area (Å²) in [5, 5.41) is 2.93. The van der Waals surface area contributed by atoms with Crippen LogP contribution in [0.25, 0.3) is 0 Å². The van der Waals surface area contributed by atoms with Crippen LogP contribution in [-0.2, 0) is 27.2 Å². The number of esters is 1. The number of rotatable bonds is 11. The monoisotopic (exact) mass is 648 g/mol. The molecule has 12 heteroatoms. The van der Waals surface area contributed by atoms with E-state index < -0.39 is 24.1 Å². The Kier molecular flexibility index (Phi) is 9.69. The average molecular weight is 649 g/mol. The van der Waals surface area contributed by atoms with Crippen molar-refractivity contribution in [1.82, 2.24) is 10.2 Å². The van der Waals surface area contributed by atoms with E-state index in [1.807, 2.05) is 13.8 Å². The third-order valence-corrected chi connectivity index (χ3v) is 8.85. The van der Waals surface area contributed by atoms with Crippen molar-refractivity contribution in [2.24, 2.45) is 0 Å². The van der Waals surface area contributed by atoms with Gasteiger partial charge in [-0.25, -0.2) is 4.79 Å². The zero-order chi connectivity index (χ0) is 34.0. The summed E-state index contributed by atoms with van der Waals surface area (Å²) in [4.78, 5) is 43.1. The number of nitrogens with zero attached hydrogens (tertiary/aromatic N) is 1. The molecule has 3 aromatic rings. The SMILES string of the molecule is COc1cc(C[C@@H]2NC(=O)[C@@H]3Cc4c(OC)c(C)c(OC)c(OC)c4[C@@H](COC(=O)c4ccccc4)N3C2=O)c(OC)c(C)c1OC. The lowest BCUT2D eigenvalue weighted by atomic mass is 9.82. The number of piperazine rings is 1. The lowest BCUT2D eigenvalue weighted by Gasteiger charge is -2.47. The number of methoxy groups -OCH3 is 6. The molecule has 2 aliphatic rings. The number of amides is 2. The van der Waals surface area contributed by atoms with E-state index in [9.17, 15) is 14.4 Å². The molecule has 0 radical (unpaired) electrons. The van der Waals surface area contributed by atoms with E-state index in [-0.39, 0.29) is 31.3 Å². The zero-order valence-corrected chi connectivity index (χ0v) is 27.8. The van der Waals surface area contributed by atoms with Gasteiger partial charge in [0.05, 0.1) is 54.3 Å². The molecule has 1 N–H and O–H groups in total. The number of benzene rings is 3. The van der Waals surface area contributed by atoms with E-state index >= 15 is 0 Å². The van der Waals surface area contributed by atoms with Gasteiger partial charge in [-0.05, 0) is 32.0 Å². The molecular weight excluding hydrogens is 608 g/mol. The summed E-state index contributed by atoms with van der Waals surface area (Å²) in [6.45, 7) is 3.40. The average Bonchev–Trinajstić information content (AvgIpc) is 3.08. The summed E-state index contributed by atoms with van der Waals surface area (Å²) in [7, 11) is 9.14. The minimum atomic E-state index is -0.973. The molecule has 2 heterocycles. The number of hydrogen-bond donors (Lipinski definition) is 1. The fourth-order valence-electron chi connectivity index (χ4n) is 6.84. The fraction of sp³-hybridized carbons (Fsp3) is 0.400. The van der Waals surface area contributed by atoms with E-state index in [0.717, 1.165) is 0 Å². The molecule has 1 saturated heterocycles. The maximum absolute atomic E-state index is 14.6. The van der Waals surface area contributed by atoms with Gasteiger partial charge >= 0.3 is 5.97 Å². The van der Waals surface area contributed by atoms with Gasteiger partial charge in [-0.3, -0.25) is 9.59 Å². The molecule has 5 rings (SSSR count). The molecule has 0 bridgehead atoms. The van der Waals surface area contributed by atoms with Crippen molar-refractivity contribution in [1.29, 1.82) is 0 Å². The number of hydrogen-bond acceptors (Lipinski definition) is 10. The number of carbonyl (C=O) groups is 3. The van der Waals surface area contributed by atoms with Crippen LogP contribution < -0.4 is 33.7 Å². The van der Waals surface area contributed by atoms with Crippen LogP contribution in [0.4, 0.5) is 0 Å². The molecule has 1 fully saturated rings. The third-order valence-electron chi connectivity index (χ3n) is 8.85. The van der Waals surface area contributed by atoms with Crippen molar-refractivity contribution in [2.45, 2.75) is 44.8 Å². The van der Waals surface area contributed by atoms with Crippen LogP contribution in [0.15, 0.2) is 36.4 Å². The second kappa shape index (κ2) is 13.7. The Balaban J connectivity index is 1.62. The molecule has 47 heavy (non-hydrogen) atoms. The Hall–Kier alpha value is -5.13. The Labute approximate surface area is 273 Å². The molecule has 2 amide bonds. The first-order valence-electron chi connectivity index (χ1n) is 15.1. The van der Waals surface area contributed by atoms with E-state index in [2.05, 4.69) is 5.32 Å². The molecule has 0 saturated carbocycles. The minimum Gasteiger partial charge on any atom is -0.496 e. The van der Waals surface area contributed by atoms with Gasteiger partial charge in [0.25, 0.3) is 0 Å². The summed E-state index contributed by atoms with van der Waals surface area (Å²) in [5.74, 6) is 1.47. The van der Waals surface area contributed by atoms with Crippen molar-refractivity contribution in [3.63, 3.8) is 0 Å². The Morgan fingerprint density at radius 1 is 0.809 bits per heavy atom. The molecule has 0 aliphatic carbocycles. The summed E-state index contributed by atoms with van der Waals surface area (Å²) in [5.41, 5.74) is 3.57. The molecule has 3 atom stereocenters. The summed E-state index contributed by atoms with van der Waals surface area (Å²) >= 11 is 0. The van der Waals surface area contributed by atoms with Gasteiger partial charge < -0.3 is 43.4 Å². The standard InChI is InChI=1S/C35H40N2O10/c1-18-28(42-4)21(15-26(41-3)30(18)44-6)14-23-34(39)37-24(33(38)36-23)16-22-27(32(46-8)31(45-7)19(2)29(22)43-5)25(37)17-47-35(40)20-12-10-9-11-13-20/h9-13,15,23-25H,14,16-17H2,1-8H3,(H,36,38)/t23-,24-,25+/m0/s1.